The average molecular weight is 933 g/mol. The van der Waals surface area contributed by atoms with Crippen LogP contribution in [0.5, 0.6) is 0 Å². The molecule has 1 aliphatic heterocycles. The SMILES string of the molecule is Cc1ccccc1-c1cc(C(C)C)c(-c2cccc(-c3c(C(C)C)cc(-c4ccccc4C)cc3C(C)C)c2C2(P(=O)=O)C(c3ccccc3)CC3(CC2c2ccccc2)OCCO3)c(C(C)C)c1. The predicted molar refractivity (Wildman–Crippen MR) is 286 cm³/mol. The molecule has 9 rings (SSSR count). The molecular formula is C64H69O4P. The van der Waals surface area contributed by atoms with Gasteiger partial charge in [0, 0.05) is 24.7 Å². The Morgan fingerprint density at radius 1 is 0.449 bits per heavy atom. The van der Waals surface area contributed by atoms with Crippen LogP contribution in [0.15, 0.2) is 152 Å². The summed E-state index contributed by atoms with van der Waals surface area (Å²) in [5, 5.41) is -1.49. The van der Waals surface area contributed by atoms with Crippen molar-refractivity contribution in [1.82, 2.24) is 0 Å². The van der Waals surface area contributed by atoms with Crippen LogP contribution < -0.4 is 0 Å². The van der Waals surface area contributed by atoms with Crippen molar-refractivity contribution in [1.29, 1.82) is 0 Å². The van der Waals surface area contributed by atoms with Gasteiger partial charge in [0.25, 0.3) is 0 Å². The number of hydrogen-bond donors (Lipinski definition) is 0. The molecule has 0 bridgehead atoms. The zero-order chi connectivity index (χ0) is 48.8. The molecule has 2 aliphatic rings. The minimum atomic E-state index is -3.25. The molecule has 7 aromatic carbocycles. The van der Waals surface area contributed by atoms with E-state index in [0.717, 1.165) is 38.9 Å². The Morgan fingerprint density at radius 2 is 0.783 bits per heavy atom. The molecule has 0 aromatic heterocycles. The van der Waals surface area contributed by atoms with Crippen LogP contribution in [0.25, 0.3) is 44.5 Å². The monoisotopic (exact) mass is 932 g/mol. The highest BCUT2D eigenvalue weighted by atomic mass is 31.1. The second kappa shape index (κ2) is 19.6. The Hall–Kier alpha value is -5.64. The summed E-state index contributed by atoms with van der Waals surface area (Å²) >= 11 is 0. The van der Waals surface area contributed by atoms with Gasteiger partial charge in [-0.25, -0.2) is 9.13 Å². The lowest BCUT2D eigenvalue weighted by Crippen LogP contribution is -2.50. The Kier molecular flexibility index (Phi) is 13.8. The molecule has 4 nitrogen and oxygen atoms in total. The fraction of sp³-hybridized carbons (Fsp3) is 0.344. The van der Waals surface area contributed by atoms with Crippen molar-refractivity contribution in [2.45, 2.75) is 129 Å². The Balaban J connectivity index is 1.51. The molecule has 69 heavy (non-hydrogen) atoms. The topological polar surface area (TPSA) is 52.6 Å². The molecular weight excluding hydrogens is 864 g/mol. The fourth-order valence-corrected chi connectivity index (χ4v) is 13.5. The minimum absolute atomic E-state index is 0.116. The van der Waals surface area contributed by atoms with Crippen molar-refractivity contribution in [3.05, 3.63) is 202 Å². The maximum Gasteiger partial charge on any atom is 0.327 e. The number of hydrogen-bond acceptors (Lipinski definition) is 4. The van der Waals surface area contributed by atoms with Crippen LogP contribution in [0, 0.1) is 13.8 Å². The lowest BCUT2D eigenvalue weighted by Gasteiger charge is -2.52. The molecule has 1 saturated heterocycles. The summed E-state index contributed by atoms with van der Waals surface area (Å²) in [5.74, 6) is -1.60. The van der Waals surface area contributed by atoms with Crippen molar-refractivity contribution in [2.75, 3.05) is 13.2 Å². The van der Waals surface area contributed by atoms with Gasteiger partial charge in [-0.3, -0.25) is 0 Å². The quantitative estimate of drug-likeness (QED) is 0.115. The fourth-order valence-electron chi connectivity index (χ4n) is 12.1. The summed E-state index contributed by atoms with van der Waals surface area (Å²) in [6.45, 7) is 23.6. The van der Waals surface area contributed by atoms with Gasteiger partial charge in [0.05, 0.1) is 13.2 Å². The summed E-state index contributed by atoms with van der Waals surface area (Å²) in [5.41, 5.74) is 19.1. The molecule has 5 heteroatoms. The molecule has 1 heterocycles. The highest BCUT2D eigenvalue weighted by molar-refractivity contribution is 7.32. The summed E-state index contributed by atoms with van der Waals surface area (Å²) < 4.78 is 45.5. The zero-order valence-electron chi connectivity index (χ0n) is 42.3. The molecule has 0 radical (unpaired) electrons. The van der Waals surface area contributed by atoms with E-state index in [9.17, 15) is 0 Å². The number of rotatable bonds is 12. The Labute approximate surface area is 412 Å². The standard InChI is InChI=1S/C64H69O4P/c1-40(2)54-34-48(50-28-19-17-22-44(50)9)35-55(41(3)4)60(54)52-30-21-31-53(61-56(42(5)6)36-49(37-57(61)43(7)8)51-29-20-18-23-45(51)10)62(52)64(69(65)66)58(46-24-13-11-14-25-46)38-63(67-32-33-68-63)39-59(64)47-26-15-12-16-27-47/h11-31,34-37,40-43,58-59H,32-33,38-39H2,1-10H3. The van der Waals surface area contributed by atoms with Crippen molar-refractivity contribution in [2.24, 2.45) is 0 Å². The normalized spacial score (nSPS) is 19.0. The largest absolute Gasteiger partial charge is 0.347 e. The van der Waals surface area contributed by atoms with E-state index in [-0.39, 0.29) is 23.7 Å². The first-order valence-electron chi connectivity index (χ1n) is 25.3. The van der Waals surface area contributed by atoms with Crippen molar-refractivity contribution in [3.63, 3.8) is 0 Å². The molecule has 1 aliphatic carbocycles. The molecule has 2 atom stereocenters. The third kappa shape index (κ3) is 8.73. The number of ether oxygens (including phenoxy) is 2. The lowest BCUT2D eigenvalue weighted by molar-refractivity contribution is -0.190. The molecule has 0 amide bonds. The second-order valence-electron chi connectivity index (χ2n) is 21.1. The second-order valence-corrected chi connectivity index (χ2v) is 22.3. The average Bonchev–Trinajstić information content (AvgIpc) is 3.80. The Morgan fingerprint density at radius 3 is 1.12 bits per heavy atom. The van der Waals surface area contributed by atoms with Gasteiger partial charge in [-0.2, -0.15) is 0 Å². The van der Waals surface area contributed by atoms with Crippen LogP contribution in [0.3, 0.4) is 0 Å². The zero-order valence-corrected chi connectivity index (χ0v) is 43.2. The highest BCUT2D eigenvalue weighted by Gasteiger charge is 2.63. The number of aryl methyl sites for hydroxylation is 2. The van der Waals surface area contributed by atoms with Crippen LogP contribution in [0.4, 0.5) is 0 Å². The maximum absolute atomic E-state index is 16.0. The van der Waals surface area contributed by atoms with Gasteiger partial charge < -0.3 is 9.47 Å². The first-order valence-corrected chi connectivity index (χ1v) is 26.5. The van der Waals surface area contributed by atoms with Gasteiger partial charge in [-0.15, -0.1) is 0 Å². The van der Waals surface area contributed by atoms with Gasteiger partial charge in [0.15, 0.2) is 5.79 Å². The van der Waals surface area contributed by atoms with E-state index < -0.39 is 30.5 Å². The lowest BCUT2D eigenvalue weighted by atomic mass is 9.59. The first-order chi connectivity index (χ1) is 33.2. The van der Waals surface area contributed by atoms with E-state index in [1.165, 1.54) is 55.6 Å². The van der Waals surface area contributed by atoms with E-state index in [1.807, 2.05) is 12.1 Å². The van der Waals surface area contributed by atoms with E-state index in [1.54, 1.807) is 0 Å². The van der Waals surface area contributed by atoms with Crippen LogP contribution in [0.2, 0.25) is 0 Å². The third-order valence-electron chi connectivity index (χ3n) is 15.4. The van der Waals surface area contributed by atoms with Crippen molar-refractivity contribution < 1.29 is 18.6 Å². The maximum atomic E-state index is 16.0. The van der Waals surface area contributed by atoms with E-state index in [4.69, 9.17) is 9.47 Å². The molecule has 2 fully saturated rings. The van der Waals surface area contributed by atoms with Crippen LogP contribution >= 0.6 is 7.68 Å². The molecule has 1 spiro atoms. The molecule has 354 valence electrons. The molecule has 2 unspecified atom stereocenters. The van der Waals surface area contributed by atoms with E-state index in [0.29, 0.717) is 26.1 Å². The van der Waals surface area contributed by atoms with Gasteiger partial charge >= 0.3 is 7.68 Å². The molecule has 1 saturated carbocycles. The van der Waals surface area contributed by atoms with Gasteiger partial charge in [0.1, 0.15) is 5.16 Å². The van der Waals surface area contributed by atoms with Crippen molar-refractivity contribution >= 4 is 7.68 Å². The summed E-state index contributed by atoms with van der Waals surface area (Å²) in [6.07, 6.45) is 0.774. The number of benzene rings is 7. The minimum Gasteiger partial charge on any atom is -0.347 e. The van der Waals surface area contributed by atoms with Gasteiger partial charge in [-0.05, 0) is 132 Å². The van der Waals surface area contributed by atoms with E-state index in [2.05, 4.69) is 209 Å². The summed E-state index contributed by atoms with van der Waals surface area (Å²) in [6, 6.07) is 54.3. The summed E-state index contributed by atoms with van der Waals surface area (Å²) in [4.78, 5) is 0. The van der Waals surface area contributed by atoms with Crippen LogP contribution in [-0.2, 0) is 23.8 Å². The third-order valence-corrected chi connectivity index (χ3v) is 16.9. The molecule has 0 N–H and O–H groups in total. The van der Waals surface area contributed by atoms with Crippen LogP contribution in [-0.4, -0.2) is 19.0 Å². The first kappa shape index (κ1) is 48.4. The highest BCUT2D eigenvalue weighted by Crippen LogP contribution is 2.70. The van der Waals surface area contributed by atoms with Crippen LogP contribution in [0.1, 0.15) is 154 Å². The van der Waals surface area contributed by atoms with Gasteiger partial charge in [-0.1, -0.05) is 207 Å². The van der Waals surface area contributed by atoms with Crippen molar-refractivity contribution in [3.8, 4) is 44.5 Å². The smallest absolute Gasteiger partial charge is 0.327 e. The predicted octanol–water partition coefficient (Wildman–Crippen LogP) is 17.9. The van der Waals surface area contributed by atoms with Gasteiger partial charge in [0.2, 0.25) is 0 Å². The Bertz CT molecular complexity index is 2800. The summed E-state index contributed by atoms with van der Waals surface area (Å²) in [7, 11) is -3.25. The molecule has 7 aromatic rings. The van der Waals surface area contributed by atoms with E-state index >= 15 is 9.13 Å².